The van der Waals surface area contributed by atoms with Crippen LogP contribution in [0.4, 0.5) is 5.82 Å². The van der Waals surface area contributed by atoms with Crippen LogP contribution in [-0.4, -0.2) is 19.9 Å². The van der Waals surface area contributed by atoms with E-state index in [1.165, 1.54) is 18.5 Å². The summed E-state index contributed by atoms with van der Waals surface area (Å²) in [6, 6.07) is 3.05. The number of rotatable bonds is 2. The van der Waals surface area contributed by atoms with Crippen molar-refractivity contribution in [3.05, 3.63) is 34.5 Å². The molecule has 0 saturated heterocycles. The number of hydrogen-bond acceptors (Lipinski definition) is 7. The molecule has 8 heteroatoms. The molecule has 3 N–H and O–H groups in total. The van der Waals surface area contributed by atoms with Gasteiger partial charge in [-0.25, -0.2) is 15.0 Å². The van der Waals surface area contributed by atoms with Crippen LogP contribution >= 0.6 is 11.8 Å². The molecule has 84 valence electrons. The minimum absolute atomic E-state index is 0.137. The van der Waals surface area contributed by atoms with Crippen LogP contribution in [0.15, 0.2) is 33.4 Å². The Kier molecular flexibility index (Phi) is 3.02. The van der Waals surface area contributed by atoms with Crippen molar-refractivity contribution >= 4 is 17.6 Å². The number of hydrogen-bond donors (Lipinski definition) is 2. The maximum Gasteiger partial charge on any atom is 0.253 e. The van der Waals surface area contributed by atoms with Gasteiger partial charge in [0.2, 0.25) is 0 Å². The summed E-state index contributed by atoms with van der Waals surface area (Å²) in [6.45, 7) is 0. The molecule has 0 bridgehead atoms. The number of H-pyrrole nitrogens is 1. The fourth-order valence-corrected chi connectivity index (χ4v) is 1.74. The zero-order valence-electron chi connectivity index (χ0n) is 8.41. The SMILES string of the molecule is N#Cc1cnc(Sc2nc(N)cc(=O)[nH]2)cn1. The third kappa shape index (κ3) is 2.79. The number of nitrogens with one attached hydrogen (secondary N) is 1. The number of aromatic amines is 1. The summed E-state index contributed by atoms with van der Waals surface area (Å²) in [4.78, 5) is 25.4. The van der Waals surface area contributed by atoms with Gasteiger partial charge in [-0.05, 0) is 11.8 Å². The molecule has 0 aliphatic heterocycles. The van der Waals surface area contributed by atoms with Gasteiger partial charge in [0, 0.05) is 6.07 Å². The molecule has 2 rings (SSSR count). The van der Waals surface area contributed by atoms with Crippen LogP contribution in [0.5, 0.6) is 0 Å². The smallest absolute Gasteiger partial charge is 0.253 e. The van der Waals surface area contributed by atoms with Crippen LogP contribution in [0.2, 0.25) is 0 Å². The monoisotopic (exact) mass is 246 g/mol. The summed E-state index contributed by atoms with van der Waals surface area (Å²) in [5.41, 5.74) is 5.33. The Morgan fingerprint density at radius 3 is 2.82 bits per heavy atom. The molecule has 0 aliphatic carbocycles. The third-order valence-electron chi connectivity index (χ3n) is 1.68. The molecule has 2 aromatic heterocycles. The molecule has 0 saturated carbocycles. The van der Waals surface area contributed by atoms with E-state index >= 15 is 0 Å². The highest BCUT2D eigenvalue weighted by Gasteiger charge is 2.03. The van der Waals surface area contributed by atoms with Crippen LogP contribution in [-0.2, 0) is 0 Å². The van der Waals surface area contributed by atoms with Crippen molar-refractivity contribution in [1.29, 1.82) is 5.26 Å². The van der Waals surface area contributed by atoms with E-state index in [0.29, 0.717) is 10.2 Å². The second-order valence-corrected chi connectivity index (χ2v) is 3.94. The number of anilines is 1. The van der Waals surface area contributed by atoms with Gasteiger partial charge in [-0.15, -0.1) is 0 Å². The molecule has 0 unspecified atom stereocenters. The van der Waals surface area contributed by atoms with Crippen LogP contribution in [0.25, 0.3) is 0 Å². The van der Waals surface area contributed by atoms with Gasteiger partial charge in [0.15, 0.2) is 10.9 Å². The van der Waals surface area contributed by atoms with E-state index < -0.39 is 0 Å². The lowest BCUT2D eigenvalue weighted by molar-refractivity contribution is 0.935. The lowest BCUT2D eigenvalue weighted by Gasteiger charge is -1.99. The maximum absolute atomic E-state index is 11.1. The van der Waals surface area contributed by atoms with Gasteiger partial charge >= 0.3 is 0 Å². The lowest BCUT2D eigenvalue weighted by Crippen LogP contribution is -2.09. The van der Waals surface area contributed by atoms with Crippen molar-refractivity contribution in [2.75, 3.05) is 5.73 Å². The van der Waals surface area contributed by atoms with Gasteiger partial charge in [-0.1, -0.05) is 0 Å². The second kappa shape index (κ2) is 4.63. The van der Waals surface area contributed by atoms with E-state index in [-0.39, 0.29) is 17.1 Å². The van der Waals surface area contributed by atoms with Crippen molar-refractivity contribution in [3.63, 3.8) is 0 Å². The van der Waals surface area contributed by atoms with Crippen LogP contribution < -0.4 is 11.3 Å². The Bertz CT molecular complexity index is 629. The van der Waals surface area contributed by atoms with Gasteiger partial charge in [0.1, 0.15) is 16.9 Å². The first-order valence-corrected chi connectivity index (χ1v) is 5.26. The van der Waals surface area contributed by atoms with Crippen molar-refractivity contribution in [3.8, 4) is 6.07 Å². The highest BCUT2D eigenvalue weighted by atomic mass is 32.2. The van der Waals surface area contributed by atoms with E-state index in [4.69, 9.17) is 11.0 Å². The molecule has 7 nitrogen and oxygen atoms in total. The van der Waals surface area contributed by atoms with Gasteiger partial charge in [-0.3, -0.25) is 4.79 Å². The Hall–Kier alpha value is -2.40. The fourth-order valence-electron chi connectivity index (χ4n) is 1.03. The molecule has 2 heterocycles. The number of nitrogens with two attached hydrogens (primary N) is 1. The number of nitriles is 1. The van der Waals surface area contributed by atoms with E-state index in [9.17, 15) is 4.79 Å². The zero-order chi connectivity index (χ0) is 12.3. The predicted molar refractivity (Wildman–Crippen MR) is 60.1 cm³/mol. The summed E-state index contributed by atoms with van der Waals surface area (Å²) in [7, 11) is 0. The average molecular weight is 246 g/mol. The Morgan fingerprint density at radius 2 is 2.24 bits per heavy atom. The van der Waals surface area contributed by atoms with Crippen molar-refractivity contribution in [2.24, 2.45) is 0 Å². The summed E-state index contributed by atoms with van der Waals surface area (Å²) in [6.07, 6.45) is 2.76. The molecular weight excluding hydrogens is 240 g/mol. The van der Waals surface area contributed by atoms with Crippen molar-refractivity contribution in [2.45, 2.75) is 10.2 Å². The Morgan fingerprint density at radius 1 is 1.41 bits per heavy atom. The molecule has 0 spiro atoms. The molecule has 0 atom stereocenters. The topological polar surface area (TPSA) is 121 Å². The molecular formula is C9H6N6OS. The van der Waals surface area contributed by atoms with Gasteiger partial charge in [0.25, 0.3) is 5.56 Å². The summed E-state index contributed by atoms with van der Waals surface area (Å²) >= 11 is 1.11. The van der Waals surface area contributed by atoms with Crippen molar-refractivity contribution in [1.82, 2.24) is 19.9 Å². The molecule has 0 aliphatic rings. The van der Waals surface area contributed by atoms with Crippen LogP contribution in [0.1, 0.15) is 5.69 Å². The Balaban J connectivity index is 2.25. The standard InChI is InChI=1S/C9H6N6OS/c10-2-5-3-13-8(4-12-5)17-9-14-6(11)1-7(16)15-9/h1,3-4H,(H3,11,14,15,16). The minimum atomic E-state index is -0.332. The first-order chi connectivity index (χ1) is 8.17. The van der Waals surface area contributed by atoms with E-state index in [1.54, 1.807) is 0 Å². The summed E-state index contributed by atoms with van der Waals surface area (Å²) in [5, 5.41) is 9.39. The van der Waals surface area contributed by atoms with E-state index in [2.05, 4.69) is 19.9 Å². The maximum atomic E-state index is 11.1. The highest BCUT2D eigenvalue weighted by molar-refractivity contribution is 7.99. The highest BCUT2D eigenvalue weighted by Crippen LogP contribution is 2.20. The largest absolute Gasteiger partial charge is 0.383 e. The zero-order valence-corrected chi connectivity index (χ0v) is 9.23. The van der Waals surface area contributed by atoms with Crippen LogP contribution in [0.3, 0.4) is 0 Å². The quantitative estimate of drug-likeness (QED) is 0.724. The first-order valence-electron chi connectivity index (χ1n) is 4.44. The molecule has 17 heavy (non-hydrogen) atoms. The average Bonchev–Trinajstić information content (AvgIpc) is 2.28. The summed E-state index contributed by atoms with van der Waals surface area (Å²) in [5.74, 6) is 0.137. The second-order valence-electron chi connectivity index (χ2n) is 2.93. The third-order valence-corrected chi connectivity index (χ3v) is 2.49. The predicted octanol–water partition coefficient (Wildman–Crippen LogP) is 0.165. The molecule has 0 fully saturated rings. The molecule has 2 aromatic rings. The molecule has 0 radical (unpaired) electrons. The number of aromatic nitrogens is 4. The van der Waals surface area contributed by atoms with E-state index in [0.717, 1.165) is 11.8 Å². The normalized spacial score (nSPS) is 9.82. The van der Waals surface area contributed by atoms with Crippen molar-refractivity contribution < 1.29 is 0 Å². The lowest BCUT2D eigenvalue weighted by atomic mass is 10.5. The number of nitrogen functional groups attached to an aromatic ring is 1. The molecule has 0 amide bonds. The Labute approximate surface area is 99.7 Å². The van der Waals surface area contributed by atoms with Gasteiger partial charge in [0.05, 0.1) is 12.4 Å². The van der Waals surface area contributed by atoms with E-state index in [1.807, 2.05) is 6.07 Å². The van der Waals surface area contributed by atoms with Gasteiger partial charge in [-0.2, -0.15) is 5.26 Å². The van der Waals surface area contributed by atoms with Crippen LogP contribution in [0, 0.1) is 11.3 Å². The number of nitrogens with zero attached hydrogens (tertiary/aromatic N) is 4. The minimum Gasteiger partial charge on any atom is -0.383 e. The fraction of sp³-hybridized carbons (Fsp3) is 0. The van der Waals surface area contributed by atoms with Gasteiger partial charge < -0.3 is 10.7 Å². The first kappa shape index (κ1) is 11.1. The molecule has 0 aromatic carbocycles. The summed E-state index contributed by atoms with van der Waals surface area (Å²) < 4.78 is 0.